The fraction of sp³-hybridized carbons (Fsp3) is 0.368. The number of hydrogen-bond donors (Lipinski definition) is 0. The molecule has 0 unspecified atom stereocenters. The normalized spacial score (nSPS) is 13.1. The highest BCUT2D eigenvalue weighted by molar-refractivity contribution is 7.07. The van der Waals surface area contributed by atoms with E-state index in [0.29, 0.717) is 0 Å². The number of fused-ring (bicyclic) bond motifs is 1. The standard InChI is InChI=1S/C19H23N3OS/c1-4-6-9-14(3)21-22-16(13-24-19(22)20-5-2)18-12-15-10-7-8-11-17(15)23-18/h7-8,10-13H,4-6,9H2,1-3H3. The van der Waals surface area contributed by atoms with E-state index in [4.69, 9.17) is 9.52 Å². The molecule has 0 radical (unpaired) electrons. The Kier molecular flexibility index (Phi) is 5.30. The molecular weight excluding hydrogens is 318 g/mol. The fourth-order valence-corrected chi connectivity index (χ4v) is 3.45. The molecule has 0 N–H and O–H groups in total. The minimum atomic E-state index is 0.740. The molecule has 0 aliphatic heterocycles. The summed E-state index contributed by atoms with van der Waals surface area (Å²) in [6, 6.07) is 10.1. The van der Waals surface area contributed by atoms with Crippen molar-refractivity contribution in [1.82, 2.24) is 4.68 Å². The summed E-state index contributed by atoms with van der Waals surface area (Å²) in [6.07, 6.45) is 3.33. The highest BCUT2D eigenvalue weighted by Crippen LogP contribution is 2.28. The third kappa shape index (κ3) is 3.51. The maximum atomic E-state index is 6.02. The van der Waals surface area contributed by atoms with Crippen molar-refractivity contribution in [2.75, 3.05) is 6.54 Å². The van der Waals surface area contributed by atoms with Crippen molar-refractivity contribution in [1.29, 1.82) is 0 Å². The summed E-state index contributed by atoms with van der Waals surface area (Å²) < 4.78 is 7.95. The van der Waals surface area contributed by atoms with Crippen molar-refractivity contribution in [3.05, 3.63) is 40.5 Å². The van der Waals surface area contributed by atoms with Gasteiger partial charge in [-0.2, -0.15) is 5.10 Å². The van der Waals surface area contributed by atoms with Gasteiger partial charge in [-0.25, -0.2) is 4.68 Å². The molecule has 0 spiro atoms. The molecule has 0 amide bonds. The molecule has 1 aromatic carbocycles. The van der Waals surface area contributed by atoms with Gasteiger partial charge in [-0.1, -0.05) is 31.5 Å². The molecule has 126 valence electrons. The number of benzene rings is 1. The van der Waals surface area contributed by atoms with Crippen LogP contribution in [0.1, 0.15) is 40.0 Å². The molecule has 5 heteroatoms. The number of thiazole rings is 1. The number of aromatic nitrogens is 1. The molecule has 4 nitrogen and oxygen atoms in total. The molecule has 2 heterocycles. The number of nitrogens with zero attached hydrogens (tertiary/aromatic N) is 3. The smallest absolute Gasteiger partial charge is 0.206 e. The number of furan rings is 1. The zero-order valence-electron chi connectivity index (χ0n) is 14.5. The van der Waals surface area contributed by atoms with Gasteiger partial charge in [-0.3, -0.25) is 4.99 Å². The van der Waals surface area contributed by atoms with Crippen molar-refractivity contribution in [2.24, 2.45) is 10.1 Å². The lowest BCUT2D eigenvalue weighted by Crippen LogP contribution is -2.14. The molecule has 0 aliphatic carbocycles. The molecule has 3 rings (SSSR count). The fourth-order valence-electron chi connectivity index (χ4n) is 2.57. The first-order valence-electron chi connectivity index (χ1n) is 8.47. The molecule has 24 heavy (non-hydrogen) atoms. The summed E-state index contributed by atoms with van der Waals surface area (Å²) in [7, 11) is 0. The Balaban J connectivity index is 2.09. The predicted molar refractivity (Wildman–Crippen MR) is 102 cm³/mol. The number of unbranched alkanes of at least 4 members (excludes halogenated alkanes) is 1. The van der Waals surface area contributed by atoms with Gasteiger partial charge in [0, 0.05) is 23.0 Å². The lowest BCUT2D eigenvalue weighted by atomic mass is 10.2. The van der Waals surface area contributed by atoms with Crippen molar-refractivity contribution in [3.8, 4) is 11.5 Å². The molecule has 0 saturated carbocycles. The Morgan fingerprint density at radius 1 is 1.25 bits per heavy atom. The minimum Gasteiger partial charge on any atom is -0.454 e. The molecule has 0 saturated heterocycles. The van der Waals surface area contributed by atoms with Crippen LogP contribution < -0.4 is 4.80 Å². The third-order valence-corrected chi connectivity index (χ3v) is 4.67. The average Bonchev–Trinajstić information content (AvgIpc) is 3.17. The van der Waals surface area contributed by atoms with Gasteiger partial charge in [0.2, 0.25) is 4.80 Å². The van der Waals surface area contributed by atoms with Gasteiger partial charge >= 0.3 is 0 Å². The van der Waals surface area contributed by atoms with Gasteiger partial charge in [0.05, 0.1) is 0 Å². The van der Waals surface area contributed by atoms with Crippen molar-refractivity contribution >= 4 is 28.0 Å². The van der Waals surface area contributed by atoms with Crippen LogP contribution in [0.3, 0.4) is 0 Å². The van der Waals surface area contributed by atoms with E-state index in [2.05, 4.69) is 36.4 Å². The van der Waals surface area contributed by atoms with Crippen LogP contribution in [0.5, 0.6) is 0 Å². The maximum Gasteiger partial charge on any atom is 0.206 e. The first kappa shape index (κ1) is 16.7. The zero-order chi connectivity index (χ0) is 16.9. The number of rotatable bonds is 6. The summed E-state index contributed by atoms with van der Waals surface area (Å²) in [6.45, 7) is 7.06. The Bertz CT molecular complexity index is 881. The Hall–Kier alpha value is -2.14. The number of hydrogen-bond acceptors (Lipinski definition) is 4. The van der Waals surface area contributed by atoms with E-state index in [1.165, 1.54) is 6.42 Å². The van der Waals surface area contributed by atoms with Gasteiger partial charge in [-0.15, -0.1) is 11.3 Å². The third-order valence-electron chi connectivity index (χ3n) is 3.82. The molecule has 0 fully saturated rings. The van der Waals surface area contributed by atoms with E-state index in [0.717, 1.165) is 52.3 Å². The summed E-state index contributed by atoms with van der Waals surface area (Å²) in [5.41, 5.74) is 2.97. The molecule has 0 bridgehead atoms. The first-order valence-corrected chi connectivity index (χ1v) is 9.35. The second-order valence-electron chi connectivity index (χ2n) is 5.78. The largest absolute Gasteiger partial charge is 0.454 e. The summed E-state index contributed by atoms with van der Waals surface area (Å²) >= 11 is 1.60. The second-order valence-corrected chi connectivity index (χ2v) is 6.61. The molecule has 0 aliphatic rings. The quantitative estimate of drug-likeness (QED) is 0.561. The SMILES string of the molecule is CCCCC(C)=Nn1c(-c2cc3ccccc3o2)csc1=NCC. The highest BCUT2D eigenvalue weighted by Gasteiger charge is 2.13. The van der Waals surface area contributed by atoms with Crippen LogP contribution in [0.15, 0.2) is 50.2 Å². The Morgan fingerprint density at radius 3 is 2.83 bits per heavy atom. The van der Waals surface area contributed by atoms with Gasteiger partial charge in [0.15, 0.2) is 5.76 Å². The van der Waals surface area contributed by atoms with Crippen LogP contribution in [0.4, 0.5) is 0 Å². The monoisotopic (exact) mass is 341 g/mol. The molecule has 3 aromatic rings. The molecular formula is C19H23N3OS. The van der Waals surface area contributed by atoms with Crippen LogP contribution in [0, 0.1) is 0 Å². The van der Waals surface area contributed by atoms with Gasteiger partial charge in [-0.05, 0) is 38.8 Å². The Morgan fingerprint density at radius 2 is 2.08 bits per heavy atom. The summed E-state index contributed by atoms with van der Waals surface area (Å²) in [5.74, 6) is 0.831. The van der Waals surface area contributed by atoms with Crippen LogP contribution in [0.25, 0.3) is 22.4 Å². The van der Waals surface area contributed by atoms with E-state index in [9.17, 15) is 0 Å². The van der Waals surface area contributed by atoms with E-state index >= 15 is 0 Å². The number of para-hydroxylation sites is 1. The lowest BCUT2D eigenvalue weighted by molar-refractivity contribution is 0.621. The van der Waals surface area contributed by atoms with E-state index in [-0.39, 0.29) is 0 Å². The van der Waals surface area contributed by atoms with Gasteiger partial charge < -0.3 is 4.42 Å². The molecule has 2 aromatic heterocycles. The minimum absolute atomic E-state index is 0.740. The maximum absolute atomic E-state index is 6.02. The van der Waals surface area contributed by atoms with E-state index in [1.54, 1.807) is 11.3 Å². The summed E-state index contributed by atoms with van der Waals surface area (Å²) in [4.78, 5) is 5.48. The summed E-state index contributed by atoms with van der Waals surface area (Å²) in [5, 5.41) is 7.99. The highest BCUT2D eigenvalue weighted by atomic mass is 32.1. The van der Waals surface area contributed by atoms with Crippen LogP contribution in [-0.4, -0.2) is 16.9 Å². The van der Waals surface area contributed by atoms with Crippen molar-refractivity contribution in [2.45, 2.75) is 40.0 Å². The van der Waals surface area contributed by atoms with Gasteiger partial charge in [0.1, 0.15) is 11.3 Å². The molecule has 0 atom stereocenters. The second kappa shape index (κ2) is 7.62. The van der Waals surface area contributed by atoms with Crippen LogP contribution >= 0.6 is 11.3 Å². The van der Waals surface area contributed by atoms with Crippen molar-refractivity contribution < 1.29 is 4.42 Å². The van der Waals surface area contributed by atoms with Gasteiger partial charge in [0.25, 0.3) is 0 Å². The zero-order valence-corrected chi connectivity index (χ0v) is 15.3. The van der Waals surface area contributed by atoms with Crippen LogP contribution in [-0.2, 0) is 0 Å². The lowest BCUT2D eigenvalue weighted by Gasteiger charge is -2.03. The van der Waals surface area contributed by atoms with E-state index < -0.39 is 0 Å². The average molecular weight is 341 g/mol. The van der Waals surface area contributed by atoms with Crippen molar-refractivity contribution in [3.63, 3.8) is 0 Å². The van der Waals surface area contributed by atoms with E-state index in [1.807, 2.05) is 29.8 Å². The first-order chi connectivity index (χ1) is 11.7. The van der Waals surface area contributed by atoms with Crippen LogP contribution in [0.2, 0.25) is 0 Å². The Labute approximate surface area is 146 Å². The predicted octanol–water partition coefficient (Wildman–Crippen LogP) is 5.30. The topological polar surface area (TPSA) is 42.8 Å².